The predicted molar refractivity (Wildman–Crippen MR) is 101 cm³/mol. The van der Waals surface area contributed by atoms with E-state index in [-0.39, 0.29) is 0 Å². The Morgan fingerprint density at radius 3 is 2.68 bits per heavy atom. The molecule has 1 fully saturated rings. The lowest BCUT2D eigenvalue weighted by Crippen LogP contribution is -2.40. The summed E-state index contributed by atoms with van der Waals surface area (Å²) in [5.74, 6) is 1.24. The summed E-state index contributed by atoms with van der Waals surface area (Å²) < 4.78 is 24.7. The largest absolute Gasteiger partial charge is 0.357 e. The van der Waals surface area contributed by atoms with E-state index in [2.05, 4.69) is 20.6 Å². The number of guanidine groups is 1. The highest BCUT2D eigenvalue weighted by Crippen LogP contribution is 2.19. The predicted octanol–water partition coefficient (Wildman–Crippen LogP) is 0.851. The summed E-state index contributed by atoms with van der Waals surface area (Å²) in [7, 11) is -3.06. The van der Waals surface area contributed by atoms with Crippen LogP contribution in [0.25, 0.3) is 0 Å². The molecule has 2 heterocycles. The summed E-state index contributed by atoms with van der Waals surface area (Å²) in [6, 6.07) is 5.92. The number of sulfonamides is 1. The second-order valence-electron chi connectivity index (χ2n) is 6.32. The molecular formula is C17H29N5O2S. The number of nitrogens with zero attached hydrogens (tertiary/aromatic N) is 3. The number of nitrogens with one attached hydrogen (secondary N) is 2. The monoisotopic (exact) mass is 367 g/mol. The van der Waals surface area contributed by atoms with Crippen LogP contribution in [0.15, 0.2) is 29.4 Å². The Hall–Kier alpha value is -1.67. The summed E-state index contributed by atoms with van der Waals surface area (Å²) in [5.41, 5.74) is 1.05. The molecule has 0 unspecified atom stereocenters. The van der Waals surface area contributed by atoms with Crippen LogP contribution in [0.1, 0.15) is 25.5 Å². The molecule has 140 valence electrons. The molecule has 2 N–H and O–H groups in total. The van der Waals surface area contributed by atoms with Crippen molar-refractivity contribution in [2.45, 2.75) is 26.2 Å². The molecule has 8 heteroatoms. The fourth-order valence-electron chi connectivity index (χ4n) is 2.84. The molecule has 25 heavy (non-hydrogen) atoms. The summed E-state index contributed by atoms with van der Waals surface area (Å²) in [6.45, 7) is 5.54. The number of hydrogen-bond acceptors (Lipinski definition) is 4. The lowest BCUT2D eigenvalue weighted by Gasteiger charge is -2.29. The Morgan fingerprint density at radius 1 is 1.32 bits per heavy atom. The molecule has 0 radical (unpaired) electrons. The highest BCUT2D eigenvalue weighted by atomic mass is 32.2. The van der Waals surface area contributed by atoms with Crippen LogP contribution in [-0.2, 0) is 16.4 Å². The van der Waals surface area contributed by atoms with Crippen molar-refractivity contribution in [1.29, 1.82) is 0 Å². The van der Waals surface area contributed by atoms with Gasteiger partial charge < -0.3 is 10.6 Å². The van der Waals surface area contributed by atoms with Gasteiger partial charge >= 0.3 is 0 Å². The van der Waals surface area contributed by atoms with Crippen molar-refractivity contribution in [2.75, 3.05) is 39.0 Å². The minimum atomic E-state index is -3.06. The SMILES string of the molecule is CCNC(=NCC1CCN(S(C)(=O)=O)CC1)NCCc1ccccn1. The number of rotatable bonds is 7. The average Bonchev–Trinajstić information content (AvgIpc) is 2.60. The van der Waals surface area contributed by atoms with Crippen molar-refractivity contribution in [3.63, 3.8) is 0 Å². The molecular weight excluding hydrogens is 338 g/mol. The number of aliphatic imine (C=N–C) groups is 1. The zero-order valence-electron chi connectivity index (χ0n) is 15.1. The molecule has 1 saturated heterocycles. The molecule has 0 bridgehead atoms. The lowest BCUT2D eigenvalue weighted by atomic mass is 9.98. The second kappa shape index (κ2) is 9.72. The van der Waals surface area contributed by atoms with Crippen LogP contribution in [0.5, 0.6) is 0 Å². The standard InChI is InChI=1S/C17H29N5O2S/c1-3-18-17(20-11-7-16-6-4-5-10-19-16)21-14-15-8-12-22(13-9-15)25(2,23)24/h4-6,10,15H,3,7-9,11-14H2,1-2H3,(H2,18,20,21). The molecule has 7 nitrogen and oxygen atoms in total. The zero-order chi connectivity index (χ0) is 18.1. The molecule has 0 aliphatic carbocycles. The van der Waals surface area contributed by atoms with Crippen LogP contribution >= 0.6 is 0 Å². The van der Waals surface area contributed by atoms with Gasteiger partial charge in [0.25, 0.3) is 0 Å². The topological polar surface area (TPSA) is 86.7 Å². The second-order valence-corrected chi connectivity index (χ2v) is 8.31. The summed E-state index contributed by atoms with van der Waals surface area (Å²) in [5, 5.41) is 6.59. The van der Waals surface area contributed by atoms with Gasteiger partial charge in [-0.25, -0.2) is 12.7 Å². The average molecular weight is 368 g/mol. The lowest BCUT2D eigenvalue weighted by molar-refractivity contribution is 0.280. The Bertz CT molecular complexity index is 640. The van der Waals surface area contributed by atoms with Crippen molar-refractivity contribution >= 4 is 16.0 Å². The smallest absolute Gasteiger partial charge is 0.211 e. The third-order valence-corrected chi connectivity index (χ3v) is 5.60. The maximum atomic E-state index is 11.6. The Morgan fingerprint density at radius 2 is 2.08 bits per heavy atom. The van der Waals surface area contributed by atoms with Gasteiger partial charge in [-0.05, 0) is 37.8 Å². The van der Waals surface area contributed by atoms with Crippen LogP contribution in [-0.4, -0.2) is 62.6 Å². The van der Waals surface area contributed by atoms with E-state index in [1.54, 1.807) is 10.5 Å². The van der Waals surface area contributed by atoms with E-state index in [1.807, 2.05) is 25.1 Å². The van der Waals surface area contributed by atoms with Gasteiger partial charge in [-0.3, -0.25) is 9.98 Å². The van der Waals surface area contributed by atoms with E-state index in [0.29, 0.717) is 19.0 Å². The quantitative estimate of drug-likeness (QED) is 0.551. The summed E-state index contributed by atoms with van der Waals surface area (Å²) in [4.78, 5) is 8.98. The molecule has 1 aliphatic rings. The van der Waals surface area contributed by atoms with Crippen LogP contribution in [0.4, 0.5) is 0 Å². The molecule has 0 amide bonds. The van der Waals surface area contributed by atoms with Gasteiger partial charge in [0.15, 0.2) is 5.96 Å². The first-order valence-electron chi connectivity index (χ1n) is 8.86. The third-order valence-electron chi connectivity index (χ3n) is 4.29. The van der Waals surface area contributed by atoms with Gasteiger partial charge in [-0.2, -0.15) is 0 Å². The van der Waals surface area contributed by atoms with E-state index in [4.69, 9.17) is 0 Å². The van der Waals surface area contributed by atoms with E-state index in [0.717, 1.165) is 50.6 Å². The molecule has 1 aliphatic heterocycles. The van der Waals surface area contributed by atoms with Gasteiger partial charge in [-0.15, -0.1) is 0 Å². The summed E-state index contributed by atoms with van der Waals surface area (Å²) >= 11 is 0. The van der Waals surface area contributed by atoms with Crippen molar-refractivity contribution in [2.24, 2.45) is 10.9 Å². The van der Waals surface area contributed by atoms with Crippen molar-refractivity contribution in [3.8, 4) is 0 Å². The van der Waals surface area contributed by atoms with Gasteiger partial charge in [0.1, 0.15) is 0 Å². The fourth-order valence-corrected chi connectivity index (χ4v) is 3.71. The van der Waals surface area contributed by atoms with Crippen LogP contribution in [0.2, 0.25) is 0 Å². The van der Waals surface area contributed by atoms with Crippen molar-refractivity contribution < 1.29 is 8.42 Å². The number of pyridine rings is 1. The van der Waals surface area contributed by atoms with Crippen LogP contribution < -0.4 is 10.6 Å². The van der Waals surface area contributed by atoms with Crippen molar-refractivity contribution in [1.82, 2.24) is 19.9 Å². The minimum Gasteiger partial charge on any atom is -0.357 e. The van der Waals surface area contributed by atoms with Gasteiger partial charge in [0.05, 0.1) is 6.26 Å². The minimum absolute atomic E-state index is 0.434. The van der Waals surface area contributed by atoms with Crippen LogP contribution in [0, 0.1) is 5.92 Å². The number of hydrogen-bond donors (Lipinski definition) is 2. The van der Waals surface area contributed by atoms with Gasteiger partial charge in [0, 0.05) is 51.0 Å². The Balaban J connectivity index is 1.77. The molecule has 0 saturated carbocycles. The van der Waals surface area contributed by atoms with Crippen molar-refractivity contribution in [3.05, 3.63) is 30.1 Å². The molecule has 0 aromatic carbocycles. The molecule has 0 atom stereocenters. The first-order chi connectivity index (χ1) is 12.0. The molecule has 1 aromatic rings. The molecule has 0 spiro atoms. The molecule has 2 rings (SSSR count). The zero-order valence-corrected chi connectivity index (χ0v) is 15.9. The van der Waals surface area contributed by atoms with Gasteiger partial charge in [-0.1, -0.05) is 6.07 Å². The highest BCUT2D eigenvalue weighted by Gasteiger charge is 2.24. The maximum Gasteiger partial charge on any atom is 0.211 e. The fraction of sp³-hybridized carbons (Fsp3) is 0.647. The molecule has 1 aromatic heterocycles. The van der Waals surface area contributed by atoms with E-state index in [1.165, 1.54) is 6.26 Å². The normalized spacial score (nSPS) is 17.4. The Kier molecular flexibility index (Phi) is 7.64. The van der Waals surface area contributed by atoms with E-state index in [9.17, 15) is 8.42 Å². The summed E-state index contributed by atoms with van der Waals surface area (Å²) in [6.07, 6.45) is 5.66. The van der Waals surface area contributed by atoms with Crippen LogP contribution in [0.3, 0.4) is 0 Å². The Labute approximate surface area is 151 Å². The third kappa shape index (κ3) is 6.99. The van der Waals surface area contributed by atoms with E-state index >= 15 is 0 Å². The number of piperidine rings is 1. The van der Waals surface area contributed by atoms with Gasteiger partial charge in [0.2, 0.25) is 10.0 Å². The maximum absolute atomic E-state index is 11.6. The first kappa shape index (κ1) is 19.7. The first-order valence-corrected chi connectivity index (χ1v) is 10.7. The number of aromatic nitrogens is 1. The van der Waals surface area contributed by atoms with E-state index < -0.39 is 10.0 Å². The highest BCUT2D eigenvalue weighted by molar-refractivity contribution is 7.88.